The Hall–Kier alpha value is -1.92. The van der Waals surface area contributed by atoms with Gasteiger partial charge in [0.2, 0.25) is 5.82 Å². The molecule has 6 heteroatoms. The maximum absolute atomic E-state index is 10.1. The van der Waals surface area contributed by atoms with Crippen molar-refractivity contribution in [3.05, 3.63) is 29.6 Å². The number of para-hydroxylation sites is 1. The fourth-order valence-electron chi connectivity index (χ4n) is 2.57. The van der Waals surface area contributed by atoms with Crippen LogP contribution in [0.25, 0.3) is 11.5 Å². The van der Waals surface area contributed by atoms with Crippen molar-refractivity contribution in [3.8, 4) is 17.2 Å². The Morgan fingerprint density at radius 3 is 2.76 bits per heavy atom. The number of methoxy groups -OCH3 is 1. The average Bonchev–Trinajstić information content (AvgIpc) is 3.01. The minimum atomic E-state index is -0.570. The zero-order chi connectivity index (χ0) is 14.9. The molecule has 1 saturated heterocycles. The van der Waals surface area contributed by atoms with Crippen molar-refractivity contribution in [1.29, 1.82) is 0 Å². The molecule has 1 fully saturated rings. The van der Waals surface area contributed by atoms with E-state index in [4.69, 9.17) is 14.0 Å². The zero-order valence-electron chi connectivity index (χ0n) is 12.1. The second-order valence-corrected chi connectivity index (χ2v) is 5.21. The number of ether oxygens (including phenoxy) is 2. The summed E-state index contributed by atoms with van der Waals surface area (Å²) in [5.74, 6) is 0.962. The lowest BCUT2D eigenvalue weighted by molar-refractivity contribution is -0.101. The molecular formula is C15H18N2O4. The molecule has 1 aromatic carbocycles. The van der Waals surface area contributed by atoms with Crippen LogP contribution >= 0.6 is 0 Å². The van der Waals surface area contributed by atoms with Crippen LogP contribution in [-0.4, -0.2) is 35.6 Å². The minimum Gasteiger partial charge on any atom is -0.507 e. The van der Waals surface area contributed by atoms with Crippen molar-refractivity contribution in [2.24, 2.45) is 0 Å². The Bertz CT molecular complexity index is 632. The van der Waals surface area contributed by atoms with Crippen LogP contribution in [0.5, 0.6) is 5.75 Å². The van der Waals surface area contributed by atoms with Crippen LogP contribution in [0, 0.1) is 6.92 Å². The van der Waals surface area contributed by atoms with Crippen LogP contribution in [0.1, 0.15) is 24.2 Å². The molecule has 1 N–H and O–H groups in total. The third kappa shape index (κ3) is 2.41. The van der Waals surface area contributed by atoms with Crippen molar-refractivity contribution in [1.82, 2.24) is 10.1 Å². The monoisotopic (exact) mass is 290 g/mol. The van der Waals surface area contributed by atoms with E-state index < -0.39 is 5.60 Å². The summed E-state index contributed by atoms with van der Waals surface area (Å²) in [5, 5.41) is 14.2. The largest absolute Gasteiger partial charge is 0.507 e. The number of hydrogen-bond acceptors (Lipinski definition) is 6. The number of nitrogens with zero attached hydrogens (tertiary/aromatic N) is 2. The molecular weight excluding hydrogens is 272 g/mol. The standard InChI is InChI=1S/C15H18N2O4/c1-10-4-3-5-11(12(10)18)13-16-14(17-21-13)15(19-2)6-8-20-9-7-15/h3-5,18H,6-9H2,1-2H3. The molecule has 3 rings (SSSR count). The van der Waals surface area contributed by atoms with Crippen molar-refractivity contribution >= 4 is 0 Å². The van der Waals surface area contributed by atoms with E-state index in [1.807, 2.05) is 19.1 Å². The second kappa shape index (κ2) is 5.46. The highest BCUT2D eigenvalue weighted by molar-refractivity contribution is 5.64. The first-order valence-corrected chi connectivity index (χ1v) is 6.92. The fraction of sp³-hybridized carbons (Fsp3) is 0.467. The molecule has 1 aliphatic rings. The van der Waals surface area contributed by atoms with Gasteiger partial charge in [0.15, 0.2) is 0 Å². The molecule has 0 radical (unpaired) electrons. The van der Waals surface area contributed by atoms with E-state index in [1.54, 1.807) is 13.2 Å². The Balaban J connectivity index is 1.98. The summed E-state index contributed by atoms with van der Waals surface area (Å²) < 4.78 is 16.3. The Kier molecular flexibility index (Phi) is 3.65. The Labute approximate surface area is 122 Å². The van der Waals surface area contributed by atoms with Crippen LogP contribution in [0.15, 0.2) is 22.7 Å². The van der Waals surface area contributed by atoms with Crippen LogP contribution in [-0.2, 0) is 15.1 Å². The van der Waals surface area contributed by atoms with E-state index >= 15 is 0 Å². The van der Waals surface area contributed by atoms with E-state index in [0.29, 0.717) is 43.3 Å². The maximum atomic E-state index is 10.1. The van der Waals surface area contributed by atoms with Gasteiger partial charge in [0.25, 0.3) is 5.89 Å². The van der Waals surface area contributed by atoms with E-state index in [1.165, 1.54) is 0 Å². The van der Waals surface area contributed by atoms with Crippen molar-refractivity contribution in [2.75, 3.05) is 20.3 Å². The summed E-state index contributed by atoms with van der Waals surface area (Å²) in [6.45, 7) is 3.03. The summed E-state index contributed by atoms with van der Waals surface area (Å²) in [6, 6.07) is 5.42. The van der Waals surface area contributed by atoms with Gasteiger partial charge in [0.1, 0.15) is 11.4 Å². The molecule has 6 nitrogen and oxygen atoms in total. The molecule has 2 heterocycles. The lowest BCUT2D eigenvalue weighted by Gasteiger charge is -2.32. The number of phenolic OH excluding ortho intramolecular Hbond substituents is 1. The number of phenols is 1. The van der Waals surface area contributed by atoms with Crippen LogP contribution < -0.4 is 0 Å². The minimum absolute atomic E-state index is 0.158. The Morgan fingerprint density at radius 2 is 2.05 bits per heavy atom. The molecule has 0 atom stereocenters. The highest BCUT2D eigenvalue weighted by atomic mass is 16.5. The lowest BCUT2D eigenvalue weighted by Crippen LogP contribution is -2.36. The smallest absolute Gasteiger partial charge is 0.261 e. The number of aryl methyl sites for hydroxylation is 1. The van der Waals surface area contributed by atoms with Gasteiger partial charge < -0.3 is 19.1 Å². The predicted molar refractivity (Wildman–Crippen MR) is 74.9 cm³/mol. The van der Waals surface area contributed by atoms with Gasteiger partial charge in [-0.25, -0.2) is 0 Å². The van der Waals surface area contributed by atoms with Gasteiger partial charge >= 0.3 is 0 Å². The third-order valence-corrected chi connectivity index (χ3v) is 3.99. The number of hydrogen-bond donors (Lipinski definition) is 1. The molecule has 0 amide bonds. The fourth-order valence-corrected chi connectivity index (χ4v) is 2.57. The van der Waals surface area contributed by atoms with Crippen LogP contribution in [0.2, 0.25) is 0 Å². The summed E-state index contributed by atoms with van der Waals surface area (Å²) in [6.07, 6.45) is 1.37. The van der Waals surface area contributed by atoms with Gasteiger partial charge in [-0.3, -0.25) is 0 Å². The molecule has 21 heavy (non-hydrogen) atoms. The number of aromatic hydroxyl groups is 1. The first-order valence-electron chi connectivity index (χ1n) is 6.92. The molecule has 0 unspecified atom stereocenters. The topological polar surface area (TPSA) is 77.6 Å². The second-order valence-electron chi connectivity index (χ2n) is 5.21. The van der Waals surface area contributed by atoms with E-state index in [0.717, 1.165) is 5.56 Å². The lowest BCUT2D eigenvalue weighted by atomic mass is 9.93. The summed E-state index contributed by atoms with van der Waals surface area (Å²) in [4.78, 5) is 4.43. The van der Waals surface area contributed by atoms with Gasteiger partial charge in [-0.05, 0) is 18.6 Å². The van der Waals surface area contributed by atoms with Gasteiger partial charge in [-0.15, -0.1) is 0 Å². The zero-order valence-corrected chi connectivity index (χ0v) is 12.1. The summed E-state index contributed by atoms with van der Waals surface area (Å²) >= 11 is 0. The summed E-state index contributed by atoms with van der Waals surface area (Å²) in [7, 11) is 1.64. The first kappa shape index (κ1) is 14.0. The Morgan fingerprint density at radius 1 is 1.29 bits per heavy atom. The van der Waals surface area contributed by atoms with E-state index in [-0.39, 0.29) is 5.75 Å². The predicted octanol–water partition coefficient (Wildman–Crippen LogP) is 2.40. The molecule has 1 aliphatic heterocycles. The highest BCUT2D eigenvalue weighted by Gasteiger charge is 2.39. The normalized spacial score (nSPS) is 17.8. The number of rotatable bonds is 3. The maximum Gasteiger partial charge on any atom is 0.261 e. The van der Waals surface area contributed by atoms with Gasteiger partial charge in [-0.2, -0.15) is 4.98 Å². The van der Waals surface area contributed by atoms with Crippen LogP contribution in [0.3, 0.4) is 0 Å². The first-order chi connectivity index (χ1) is 10.2. The van der Waals surface area contributed by atoms with Crippen LogP contribution in [0.4, 0.5) is 0 Å². The van der Waals surface area contributed by atoms with E-state index in [9.17, 15) is 5.11 Å². The quantitative estimate of drug-likeness (QED) is 0.935. The SMILES string of the molecule is COC1(c2noc(-c3cccc(C)c3O)n2)CCOCC1. The van der Waals surface area contributed by atoms with Gasteiger partial charge in [0, 0.05) is 33.2 Å². The third-order valence-electron chi connectivity index (χ3n) is 3.99. The highest BCUT2D eigenvalue weighted by Crippen LogP contribution is 2.36. The molecule has 112 valence electrons. The molecule has 0 saturated carbocycles. The van der Waals surface area contributed by atoms with Crippen molar-refractivity contribution in [2.45, 2.75) is 25.4 Å². The van der Waals surface area contributed by atoms with Gasteiger partial charge in [0.05, 0.1) is 5.56 Å². The average molecular weight is 290 g/mol. The van der Waals surface area contributed by atoms with Crippen molar-refractivity contribution < 1.29 is 19.1 Å². The van der Waals surface area contributed by atoms with Gasteiger partial charge in [-0.1, -0.05) is 17.3 Å². The molecule has 1 aromatic heterocycles. The molecule has 0 aliphatic carbocycles. The molecule has 0 spiro atoms. The van der Waals surface area contributed by atoms with Crippen molar-refractivity contribution in [3.63, 3.8) is 0 Å². The molecule has 0 bridgehead atoms. The molecule has 2 aromatic rings. The number of aromatic nitrogens is 2. The van der Waals surface area contributed by atoms with E-state index in [2.05, 4.69) is 10.1 Å². The summed E-state index contributed by atoms with van der Waals surface area (Å²) in [5.41, 5.74) is 0.728. The number of benzene rings is 1.